The number of para-hydroxylation sites is 1. The number of nitrogens with one attached hydrogen (secondary N) is 1. The molecule has 0 fully saturated rings. The number of aromatic nitrogens is 2. The second-order valence-electron chi connectivity index (χ2n) is 7.22. The highest BCUT2D eigenvalue weighted by Crippen LogP contribution is 2.24. The Morgan fingerprint density at radius 2 is 2.00 bits per heavy atom. The fourth-order valence-electron chi connectivity index (χ4n) is 2.88. The summed E-state index contributed by atoms with van der Waals surface area (Å²) < 4.78 is 33.0. The third-order valence-electron chi connectivity index (χ3n) is 4.38. The number of aryl methyl sites for hydroxylation is 1. The van der Waals surface area contributed by atoms with Crippen LogP contribution < -0.4 is 5.32 Å². The topological polar surface area (TPSA) is 105 Å². The van der Waals surface area contributed by atoms with Crippen LogP contribution in [0.5, 0.6) is 0 Å². The van der Waals surface area contributed by atoms with Crippen molar-refractivity contribution in [3.05, 3.63) is 48.4 Å². The van der Waals surface area contributed by atoms with Crippen LogP contribution in [0.2, 0.25) is 0 Å². The first-order valence-electron chi connectivity index (χ1n) is 9.34. The Balaban J connectivity index is 1.90. The molecule has 0 bridgehead atoms. The molecule has 8 nitrogen and oxygen atoms in total. The van der Waals surface area contributed by atoms with E-state index in [1.807, 2.05) is 13.8 Å². The van der Waals surface area contributed by atoms with E-state index < -0.39 is 15.9 Å². The normalized spacial score (nSPS) is 12.0. The van der Waals surface area contributed by atoms with Crippen molar-refractivity contribution in [2.75, 3.05) is 18.4 Å². The van der Waals surface area contributed by atoms with Crippen molar-refractivity contribution in [3.63, 3.8) is 0 Å². The highest BCUT2D eigenvalue weighted by Gasteiger charge is 2.29. The summed E-state index contributed by atoms with van der Waals surface area (Å²) in [6.07, 6.45) is 2.17. The number of hydrogen-bond acceptors (Lipinski definition) is 6. The maximum absolute atomic E-state index is 13.4. The van der Waals surface area contributed by atoms with Crippen molar-refractivity contribution in [1.82, 2.24) is 14.4 Å². The Morgan fingerprint density at radius 1 is 1.24 bits per heavy atom. The van der Waals surface area contributed by atoms with Crippen molar-refractivity contribution >= 4 is 32.7 Å². The highest BCUT2D eigenvalue weighted by molar-refractivity contribution is 7.89. The molecule has 0 saturated carbocycles. The lowest BCUT2D eigenvalue weighted by Crippen LogP contribution is -2.39. The number of anilines is 1. The molecule has 0 saturated heterocycles. The van der Waals surface area contributed by atoms with E-state index in [2.05, 4.69) is 15.5 Å². The zero-order valence-corrected chi connectivity index (χ0v) is 17.4. The van der Waals surface area contributed by atoms with Crippen molar-refractivity contribution < 1.29 is 17.7 Å². The SMILES string of the molecule is Cc1cc(NC(=O)CN(CCC(C)C)S(=O)(=O)c2cccc3cccnc23)no1. The number of nitrogens with zero attached hydrogens (tertiary/aromatic N) is 3. The number of pyridine rings is 1. The molecule has 1 aromatic carbocycles. The van der Waals surface area contributed by atoms with Gasteiger partial charge in [-0.1, -0.05) is 37.2 Å². The van der Waals surface area contributed by atoms with Crippen LogP contribution in [0, 0.1) is 12.8 Å². The van der Waals surface area contributed by atoms with Gasteiger partial charge in [-0.3, -0.25) is 9.78 Å². The molecule has 2 heterocycles. The van der Waals surface area contributed by atoms with Gasteiger partial charge in [0.05, 0.1) is 12.1 Å². The summed E-state index contributed by atoms with van der Waals surface area (Å²) in [4.78, 5) is 16.8. The largest absolute Gasteiger partial charge is 0.360 e. The number of hydrogen-bond donors (Lipinski definition) is 1. The minimum atomic E-state index is -3.94. The van der Waals surface area contributed by atoms with Crippen LogP contribution in [0.1, 0.15) is 26.0 Å². The van der Waals surface area contributed by atoms with E-state index in [1.165, 1.54) is 10.4 Å². The minimum absolute atomic E-state index is 0.0874. The van der Waals surface area contributed by atoms with Gasteiger partial charge >= 0.3 is 0 Å². The maximum atomic E-state index is 13.4. The molecular formula is C20H24N4O4S. The molecule has 0 aliphatic heterocycles. The van der Waals surface area contributed by atoms with E-state index in [0.717, 1.165) is 5.39 Å². The predicted octanol–water partition coefficient (Wildman–Crippen LogP) is 3.21. The summed E-state index contributed by atoms with van der Waals surface area (Å²) >= 11 is 0. The lowest BCUT2D eigenvalue weighted by atomic mass is 10.1. The van der Waals surface area contributed by atoms with E-state index in [9.17, 15) is 13.2 Å². The van der Waals surface area contributed by atoms with Crippen LogP contribution in [-0.4, -0.2) is 41.9 Å². The molecule has 0 atom stereocenters. The third kappa shape index (κ3) is 4.99. The smallest absolute Gasteiger partial charge is 0.245 e. The first-order chi connectivity index (χ1) is 13.8. The van der Waals surface area contributed by atoms with Gasteiger partial charge in [0.2, 0.25) is 15.9 Å². The molecule has 0 spiro atoms. The van der Waals surface area contributed by atoms with Gasteiger partial charge in [-0.25, -0.2) is 8.42 Å². The van der Waals surface area contributed by atoms with Gasteiger partial charge in [-0.2, -0.15) is 4.31 Å². The molecule has 154 valence electrons. The zero-order valence-electron chi connectivity index (χ0n) is 16.6. The summed E-state index contributed by atoms with van der Waals surface area (Å²) in [5.74, 6) is 0.588. The fourth-order valence-corrected chi connectivity index (χ4v) is 4.45. The summed E-state index contributed by atoms with van der Waals surface area (Å²) in [5.41, 5.74) is 0.386. The van der Waals surface area contributed by atoms with Crippen molar-refractivity contribution in [1.29, 1.82) is 0 Å². The number of sulfonamides is 1. The molecule has 0 aliphatic rings. The Kier molecular flexibility index (Phi) is 6.29. The first-order valence-corrected chi connectivity index (χ1v) is 10.8. The molecule has 2 aromatic heterocycles. The van der Waals surface area contributed by atoms with E-state index in [4.69, 9.17) is 4.52 Å². The number of rotatable bonds is 8. The lowest BCUT2D eigenvalue weighted by molar-refractivity contribution is -0.116. The summed E-state index contributed by atoms with van der Waals surface area (Å²) in [6, 6.07) is 10.1. The first kappa shape index (κ1) is 20.9. The van der Waals surface area contributed by atoms with Gasteiger partial charge in [0.15, 0.2) is 5.82 Å². The standard InChI is InChI=1S/C20H24N4O4S/c1-14(2)9-11-24(13-19(25)22-18-12-15(3)28-23-18)29(26,27)17-8-4-6-16-7-5-10-21-20(16)17/h4-8,10,12,14H,9,11,13H2,1-3H3,(H,22,23,25). The van der Waals surface area contributed by atoms with Crippen LogP contribution in [0.3, 0.4) is 0 Å². The van der Waals surface area contributed by atoms with Crippen LogP contribution >= 0.6 is 0 Å². The molecule has 29 heavy (non-hydrogen) atoms. The van der Waals surface area contributed by atoms with Gasteiger partial charge in [0, 0.05) is 24.2 Å². The number of fused-ring (bicyclic) bond motifs is 1. The van der Waals surface area contributed by atoms with Gasteiger partial charge in [0.1, 0.15) is 10.7 Å². The molecule has 0 radical (unpaired) electrons. The van der Waals surface area contributed by atoms with E-state index >= 15 is 0 Å². The number of benzene rings is 1. The van der Waals surface area contributed by atoms with Crippen molar-refractivity contribution in [2.45, 2.75) is 32.1 Å². The van der Waals surface area contributed by atoms with E-state index in [-0.39, 0.29) is 29.7 Å². The Bertz CT molecular complexity index is 1100. The van der Waals surface area contributed by atoms with Crippen LogP contribution in [0.15, 0.2) is 52.0 Å². The second kappa shape index (κ2) is 8.71. The minimum Gasteiger partial charge on any atom is -0.360 e. The van der Waals surface area contributed by atoms with E-state index in [1.54, 1.807) is 43.5 Å². The maximum Gasteiger partial charge on any atom is 0.245 e. The number of carbonyl (C=O) groups excluding carboxylic acids is 1. The van der Waals surface area contributed by atoms with Crippen LogP contribution in [0.4, 0.5) is 5.82 Å². The van der Waals surface area contributed by atoms with Crippen molar-refractivity contribution in [2.24, 2.45) is 5.92 Å². The Morgan fingerprint density at radius 3 is 2.69 bits per heavy atom. The summed E-state index contributed by atoms with van der Waals surface area (Å²) in [7, 11) is -3.94. The van der Waals surface area contributed by atoms with Gasteiger partial charge in [-0.05, 0) is 31.4 Å². The quantitative estimate of drug-likeness (QED) is 0.604. The van der Waals surface area contributed by atoms with Gasteiger partial charge in [-0.15, -0.1) is 0 Å². The number of carbonyl (C=O) groups is 1. The average Bonchev–Trinajstić information content (AvgIpc) is 3.08. The van der Waals surface area contributed by atoms with Crippen LogP contribution in [0.25, 0.3) is 10.9 Å². The average molecular weight is 417 g/mol. The molecule has 1 amide bonds. The molecule has 3 aromatic rings. The second-order valence-corrected chi connectivity index (χ2v) is 9.13. The van der Waals surface area contributed by atoms with Crippen LogP contribution in [-0.2, 0) is 14.8 Å². The molecular weight excluding hydrogens is 392 g/mol. The van der Waals surface area contributed by atoms with Gasteiger partial charge in [0.25, 0.3) is 0 Å². The predicted molar refractivity (Wildman–Crippen MR) is 110 cm³/mol. The highest BCUT2D eigenvalue weighted by atomic mass is 32.2. The fraction of sp³-hybridized carbons (Fsp3) is 0.350. The van der Waals surface area contributed by atoms with Crippen molar-refractivity contribution in [3.8, 4) is 0 Å². The third-order valence-corrected chi connectivity index (χ3v) is 6.26. The molecule has 3 rings (SSSR count). The summed E-state index contributed by atoms with van der Waals surface area (Å²) in [5, 5.41) is 7.01. The van der Waals surface area contributed by atoms with E-state index in [0.29, 0.717) is 17.7 Å². The summed E-state index contributed by atoms with van der Waals surface area (Å²) in [6.45, 7) is 5.60. The Hall–Kier alpha value is -2.78. The van der Waals surface area contributed by atoms with Gasteiger partial charge < -0.3 is 9.84 Å². The monoisotopic (exact) mass is 416 g/mol. The molecule has 1 N–H and O–H groups in total. The molecule has 9 heteroatoms. The molecule has 0 aliphatic carbocycles. The Labute approximate surface area is 170 Å². The number of amides is 1. The molecule has 0 unspecified atom stereocenters. The lowest BCUT2D eigenvalue weighted by Gasteiger charge is -2.23. The zero-order chi connectivity index (χ0) is 21.0.